The molecule has 0 aliphatic carbocycles. The van der Waals surface area contributed by atoms with Gasteiger partial charge in [0.25, 0.3) is 0 Å². The molecule has 0 fully saturated rings. The number of nitrogens with zero attached hydrogens (tertiary/aromatic N) is 2. The van der Waals surface area contributed by atoms with Crippen LogP contribution in [0.15, 0.2) is 98.6 Å². The van der Waals surface area contributed by atoms with E-state index in [2.05, 4.69) is 107 Å². The highest BCUT2D eigenvalue weighted by molar-refractivity contribution is 9.11. The van der Waals surface area contributed by atoms with Gasteiger partial charge in [-0.2, -0.15) is 0 Å². The normalized spacial score (nSPS) is 13.4. The van der Waals surface area contributed by atoms with Crippen LogP contribution in [0.3, 0.4) is 0 Å². The van der Waals surface area contributed by atoms with Crippen LogP contribution in [-0.2, 0) is 6.54 Å². The smallest absolute Gasteiger partial charge is 0.335 e. The first-order chi connectivity index (χ1) is 18.5. The fourth-order valence-corrected chi connectivity index (χ4v) is 9.25. The third-order valence-corrected chi connectivity index (χ3v) is 11.7. The Kier molecular flexibility index (Phi) is 7.53. The van der Waals surface area contributed by atoms with Gasteiger partial charge in [-0.15, -0.1) is 0 Å². The number of aromatic carboxylic acids is 1. The van der Waals surface area contributed by atoms with Crippen LogP contribution in [-0.4, -0.2) is 20.8 Å². The molecule has 0 saturated carbocycles. The lowest BCUT2D eigenvalue weighted by molar-refractivity contribution is 0.0697. The lowest BCUT2D eigenvalue weighted by Gasteiger charge is -2.37. The number of carbonyl (C=O) groups is 1. The number of aryl methyl sites for hydroxylation is 1. The van der Waals surface area contributed by atoms with Crippen molar-refractivity contribution in [1.29, 1.82) is 0 Å². The highest BCUT2D eigenvalue weighted by Crippen LogP contribution is 2.63. The molecule has 5 aromatic rings. The number of aromatic nitrogens is 1. The van der Waals surface area contributed by atoms with Gasteiger partial charge < -0.3 is 14.2 Å². The maximum atomic E-state index is 11.5. The second-order valence-corrected chi connectivity index (χ2v) is 15.5. The van der Waals surface area contributed by atoms with E-state index in [1.807, 2.05) is 18.2 Å². The van der Waals surface area contributed by atoms with E-state index in [9.17, 15) is 9.90 Å². The summed E-state index contributed by atoms with van der Waals surface area (Å²) in [6, 6.07) is 27.6. The Morgan fingerprint density at radius 1 is 0.923 bits per heavy atom. The molecule has 5 rings (SSSR count). The molecule has 1 heterocycles. The van der Waals surface area contributed by atoms with Crippen LogP contribution < -0.4 is 9.83 Å². The van der Waals surface area contributed by atoms with E-state index >= 15 is 0 Å². The SMILES string of the molecule is CCn1c2ccccc2c2cc(P(=Nc3ccc(C(=O)O)cc3)(Oc3ccc(Br)cc3Br)C(C)(C)C)ccc21. The quantitative estimate of drug-likeness (QED) is 0.183. The topological polar surface area (TPSA) is 63.8 Å². The number of rotatable bonds is 6. The Balaban J connectivity index is 1.84. The van der Waals surface area contributed by atoms with Crippen LogP contribution >= 0.6 is 39.1 Å². The van der Waals surface area contributed by atoms with Crippen LogP contribution in [0.4, 0.5) is 5.69 Å². The Hall–Kier alpha value is -2.86. The summed E-state index contributed by atoms with van der Waals surface area (Å²) in [5, 5.41) is 12.4. The first-order valence-electron chi connectivity index (χ1n) is 12.7. The number of hydrogen-bond donors (Lipinski definition) is 1. The number of benzene rings is 4. The van der Waals surface area contributed by atoms with Crippen molar-refractivity contribution in [3.63, 3.8) is 0 Å². The number of carboxylic acids is 1. The zero-order chi connectivity index (χ0) is 27.9. The minimum absolute atomic E-state index is 0.221. The van der Waals surface area contributed by atoms with Gasteiger partial charge in [0.2, 0.25) is 0 Å². The van der Waals surface area contributed by atoms with Crippen LogP contribution in [0.25, 0.3) is 21.8 Å². The van der Waals surface area contributed by atoms with Crippen molar-refractivity contribution in [3.05, 3.63) is 99.4 Å². The number of para-hydroxylation sites is 1. The fourth-order valence-electron chi connectivity index (χ4n) is 4.90. The molecule has 8 heteroatoms. The largest absolute Gasteiger partial charge is 0.478 e. The monoisotopic (exact) mass is 666 g/mol. The van der Waals surface area contributed by atoms with Crippen molar-refractivity contribution < 1.29 is 14.4 Å². The first kappa shape index (κ1) is 27.7. The Morgan fingerprint density at radius 2 is 1.62 bits per heavy atom. The second kappa shape index (κ2) is 10.6. The van der Waals surface area contributed by atoms with E-state index in [0.717, 1.165) is 26.2 Å². The number of hydrogen-bond acceptors (Lipinski definition) is 3. The first-order valence-corrected chi connectivity index (χ1v) is 15.9. The minimum atomic E-state index is -2.82. The molecule has 0 aliphatic rings. The van der Waals surface area contributed by atoms with Crippen LogP contribution in [0.1, 0.15) is 38.1 Å². The molecule has 4 aromatic carbocycles. The molecule has 0 saturated heterocycles. The van der Waals surface area contributed by atoms with Gasteiger partial charge in [0.05, 0.1) is 15.7 Å². The van der Waals surface area contributed by atoms with Crippen molar-refractivity contribution in [1.82, 2.24) is 4.57 Å². The molecule has 5 nitrogen and oxygen atoms in total. The number of carboxylic acid groups (broad SMARTS) is 1. The van der Waals surface area contributed by atoms with Crippen LogP contribution in [0.5, 0.6) is 5.75 Å². The lowest BCUT2D eigenvalue weighted by Crippen LogP contribution is -2.27. The summed E-state index contributed by atoms with van der Waals surface area (Å²) in [4.78, 5) is 11.5. The molecular formula is C31H29Br2N2O3P. The van der Waals surface area contributed by atoms with E-state index in [-0.39, 0.29) is 5.56 Å². The summed E-state index contributed by atoms with van der Waals surface area (Å²) in [6.45, 7) is 9.49. The summed E-state index contributed by atoms with van der Waals surface area (Å²) >= 11 is 7.23. The van der Waals surface area contributed by atoms with Gasteiger partial charge in [0.1, 0.15) is 5.75 Å². The third kappa shape index (κ3) is 5.08. The van der Waals surface area contributed by atoms with E-state index < -0.39 is 18.4 Å². The molecule has 0 bridgehead atoms. The summed E-state index contributed by atoms with van der Waals surface area (Å²) in [6.07, 6.45) is 0. The molecule has 0 radical (unpaired) electrons. The molecule has 0 spiro atoms. The number of fused-ring (bicyclic) bond motifs is 3. The van der Waals surface area contributed by atoms with Crippen molar-refractivity contribution in [2.24, 2.45) is 4.74 Å². The number of halogens is 2. The van der Waals surface area contributed by atoms with Gasteiger partial charge in [-0.1, -0.05) is 54.9 Å². The minimum Gasteiger partial charge on any atom is -0.478 e. The molecule has 0 aliphatic heterocycles. The predicted molar refractivity (Wildman–Crippen MR) is 169 cm³/mol. The Bertz CT molecular complexity index is 1770. The summed E-state index contributed by atoms with van der Waals surface area (Å²) in [5.41, 5.74) is 3.27. The van der Waals surface area contributed by atoms with Crippen LogP contribution in [0.2, 0.25) is 0 Å². The van der Waals surface area contributed by atoms with Crippen molar-refractivity contribution in [2.45, 2.75) is 39.4 Å². The zero-order valence-electron chi connectivity index (χ0n) is 22.2. The maximum Gasteiger partial charge on any atom is 0.335 e. The molecule has 39 heavy (non-hydrogen) atoms. The van der Waals surface area contributed by atoms with Crippen molar-refractivity contribution in [3.8, 4) is 5.75 Å². The fraction of sp³-hybridized carbons (Fsp3) is 0.194. The molecule has 200 valence electrons. The molecule has 1 aromatic heterocycles. The summed E-state index contributed by atoms with van der Waals surface area (Å²) < 4.78 is 16.5. The van der Waals surface area contributed by atoms with Gasteiger partial charge in [-0.25, -0.2) is 9.54 Å². The van der Waals surface area contributed by atoms with E-state index in [0.29, 0.717) is 11.4 Å². The van der Waals surface area contributed by atoms with E-state index in [1.54, 1.807) is 24.3 Å². The van der Waals surface area contributed by atoms with Crippen LogP contribution in [0, 0.1) is 0 Å². The predicted octanol–water partition coefficient (Wildman–Crippen LogP) is 9.99. The van der Waals surface area contributed by atoms with Gasteiger partial charge in [0, 0.05) is 43.3 Å². The summed E-state index contributed by atoms with van der Waals surface area (Å²) in [5.74, 6) is -0.269. The van der Waals surface area contributed by atoms with Gasteiger partial charge >= 0.3 is 5.97 Å². The molecule has 1 N–H and O–H groups in total. The second-order valence-electron chi connectivity index (χ2n) is 10.3. The highest BCUT2D eigenvalue weighted by Gasteiger charge is 2.39. The maximum absolute atomic E-state index is 11.5. The van der Waals surface area contributed by atoms with Gasteiger partial charge in [-0.05, 0) is 89.6 Å². The van der Waals surface area contributed by atoms with Crippen molar-refractivity contribution in [2.75, 3.05) is 0 Å². The lowest BCUT2D eigenvalue weighted by atomic mass is 10.1. The molecule has 1 unspecified atom stereocenters. The molecule has 0 amide bonds. The van der Waals surface area contributed by atoms with Crippen molar-refractivity contribution >= 4 is 77.9 Å². The van der Waals surface area contributed by atoms with E-state index in [4.69, 9.17) is 9.27 Å². The molecule has 1 atom stereocenters. The van der Waals surface area contributed by atoms with Gasteiger partial charge in [-0.3, -0.25) is 0 Å². The van der Waals surface area contributed by atoms with E-state index in [1.165, 1.54) is 16.4 Å². The average molecular weight is 668 g/mol. The average Bonchev–Trinajstić information content (AvgIpc) is 3.22. The Labute approximate surface area is 245 Å². The standard InChI is InChI=1S/C31H29Br2N2O3P/c1-5-35-27-9-7-6-8-24(27)25-19-23(15-16-28(25)35)39(31(2,3)4,38-29-17-12-21(32)18-26(29)33)34-22-13-10-20(11-14-22)30(36)37/h6-19H,5H2,1-4H3,(H,36,37). The van der Waals surface area contributed by atoms with Gasteiger partial charge in [0.15, 0.2) is 7.28 Å². The molecular weight excluding hydrogens is 639 g/mol. The third-order valence-electron chi connectivity index (χ3n) is 6.83. The summed E-state index contributed by atoms with van der Waals surface area (Å²) in [7, 11) is -2.82. The zero-order valence-corrected chi connectivity index (χ0v) is 26.2. The Morgan fingerprint density at radius 3 is 2.26 bits per heavy atom. The highest BCUT2D eigenvalue weighted by atomic mass is 79.9.